The number of halogens is 7. The molecule has 2 bridgehead atoms. The molecule has 0 N–H and O–H groups in total. The maximum Gasteiger partial charge on any atom is 0.154 e. The Kier molecular flexibility index (Phi) is 60.2. The quantitative estimate of drug-likeness (QED) is 0.113. The highest BCUT2D eigenvalue weighted by molar-refractivity contribution is 5.26. The van der Waals surface area contributed by atoms with Crippen molar-refractivity contribution in [2.24, 2.45) is 64.1 Å². The number of hydrogen-bond donors (Lipinski definition) is 0. The van der Waals surface area contributed by atoms with Crippen molar-refractivity contribution in [3.63, 3.8) is 0 Å². The summed E-state index contributed by atoms with van der Waals surface area (Å²) in [5.41, 5.74) is 14.4. The van der Waals surface area contributed by atoms with E-state index in [-0.39, 0.29) is 42.6 Å². The van der Waals surface area contributed by atoms with Gasteiger partial charge in [0.15, 0.2) is 12.6 Å². The number of ether oxygens (including phenoxy) is 7. The molecule has 8 unspecified atom stereocenters. The van der Waals surface area contributed by atoms with Crippen LogP contribution in [0.4, 0.5) is 30.7 Å². The van der Waals surface area contributed by atoms with Crippen LogP contribution in [0.5, 0.6) is 0 Å². The van der Waals surface area contributed by atoms with E-state index >= 15 is 0 Å². The van der Waals surface area contributed by atoms with Crippen molar-refractivity contribution in [2.45, 2.75) is 393 Å². The van der Waals surface area contributed by atoms with Crippen LogP contribution in [0.1, 0.15) is 350 Å². The van der Waals surface area contributed by atoms with E-state index in [2.05, 4.69) is 174 Å². The van der Waals surface area contributed by atoms with E-state index in [1.807, 2.05) is 46.8 Å². The van der Waals surface area contributed by atoms with Gasteiger partial charge in [-0.25, -0.2) is 30.7 Å². The first-order valence-electron chi connectivity index (χ1n) is 49.5. The third kappa shape index (κ3) is 56.9. The second-order valence-corrected chi connectivity index (χ2v) is 41.5. The molecule has 4 saturated carbocycles. The minimum Gasteiger partial charge on any atom is -0.378 e. The zero-order valence-electron chi connectivity index (χ0n) is 86.8. The summed E-state index contributed by atoms with van der Waals surface area (Å²) in [6.07, 6.45) is 40.6. The molecular formula is C115H185F7O7. The van der Waals surface area contributed by atoms with Crippen molar-refractivity contribution in [2.75, 3.05) is 46.2 Å². The van der Waals surface area contributed by atoms with E-state index in [9.17, 15) is 30.7 Å². The predicted molar refractivity (Wildman–Crippen MR) is 535 cm³/mol. The summed E-state index contributed by atoms with van der Waals surface area (Å²) in [7, 11) is 0. The van der Waals surface area contributed by atoms with Crippen LogP contribution in [-0.2, 0) is 33.2 Å². The Morgan fingerprint density at radius 3 is 0.798 bits per heavy atom. The van der Waals surface area contributed by atoms with Crippen molar-refractivity contribution in [1.29, 1.82) is 0 Å². The van der Waals surface area contributed by atoms with Crippen molar-refractivity contribution in [1.82, 2.24) is 0 Å². The van der Waals surface area contributed by atoms with Gasteiger partial charge >= 0.3 is 0 Å². The first-order chi connectivity index (χ1) is 60.5. The third-order valence-corrected chi connectivity index (χ3v) is 26.1. The molecule has 5 heterocycles. The maximum atomic E-state index is 12.7. The Labute approximate surface area is 785 Å². The molecule has 0 radical (unpaired) electrons. The van der Waals surface area contributed by atoms with Gasteiger partial charge < -0.3 is 33.2 Å². The van der Waals surface area contributed by atoms with Crippen molar-refractivity contribution >= 4 is 0 Å². The fourth-order valence-corrected chi connectivity index (χ4v) is 15.1. The van der Waals surface area contributed by atoms with E-state index in [1.54, 1.807) is 51.0 Å². The summed E-state index contributed by atoms with van der Waals surface area (Å²) in [6.45, 7) is 67.6. The van der Waals surface area contributed by atoms with E-state index < -0.39 is 23.3 Å². The number of fused-ring (bicyclic) bond motifs is 3. The van der Waals surface area contributed by atoms with Gasteiger partial charge in [0.2, 0.25) is 0 Å². The Morgan fingerprint density at radius 2 is 0.566 bits per heavy atom. The monoisotopic (exact) mass is 1810 g/mol. The highest BCUT2D eigenvalue weighted by atomic mass is 19.2. The van der Waals surface area contributed by atoms with Crippen LogP contribution in [0.25, 0.3) is 0 Å². The van der Waals surface area contributed by atoms with Crippen LogP contribution in [0.15, 0.2) is 131 Å². The lowest BCUT2D eigenvalue weighted by Gasteiger charge is -2.50. The van der Waals surface area contributed by atoms with Gasteiger partial charge in [0.05, 0.1) is 57.2 Å². The molecule has 4 saturated heterocycles. The lowest BCUT2D eigenvalue weighted by molar-refractivity contribution is -0.187. The van der Waals surface area contributed by atoms with Crippen LogP contribution in [0.3, 0.4) is 0 Å². The van der Waals surface area contributed by atoms with E-state index in [4.69, 9.17) is 33.2 Å². The van der Waals surface area contributed by atoms with Crippen molar-refractivity contribution in [3.8, 4) is 0 Å². The zero-order valence-corrected chi connectivity index (χ0v) is 86.8. The highest BCUT2D eigenvalue weighted by Gasteiger charge is 2.43. The van der Waals surface area contributed by atoms with Crippen LogP contribution < -0.4 is 0 Å². The molecule has 0 aromatic heterocycles. The standard InChI is InChI=1S/C10H18.2C8H8F2.C8H13F.2C8H9F.C8H16.2C8H14.C8H10.2C7H14O.C7H12O.2C6H12O2.H2/c1-9-3-6-10(2,7-4-9)8-5-9;2*1-5-3-7(9)6(2)8(10)4-5;3*1-6-3-4-7(2)8(9)5-6;4*1-7-3-5-8(2)6-4-7;3*1-6-3-4-7(2)8-5-6;2*1-5-3-7-6(2)8-4-5;/h3-8H2,1-2H3;2*3-4H,1-2H3;6H,3-5H2,1-2H3;2*3-5H,1-2H3;7-8H,3-6H2,1-2H3;2*3,8H,4-6H2,1-2H3;3-6H,1-2H3;2*6-7H,3-5H2,1-2H3;3,7H,4-5H2,1-2H3;2*5-6H,3-4H2,1-2H3;1H. The minimum atomic E-state index is -0.475. The average molecular weight is 1810 g/mol. The third-order valence-electron chi connectivity index (χ3n) is 26.1. The van der Waals surface area contributed by atoms with Gasteiger partial charge in [-0.15, -0.1) is 0 Å². The first kappa shape index (κ1) is 119. The van der Waals surface area contributed by atoms with Crippen LogP contribution in [0, 0.1) is 168 Å². The maximum absolute atomic E-state index is 12.7. The number of hydrogen-bond acceptors (Lipinski definition) is 7. The van der Waals surface area contributed by atoms with Gasteiger partial charge in [-0.3, -0.25) is 0 Å². The lowest BCUT2D eigenvalue weighted by Crippen LogP contribution is -2.37. The molecule has 0 spiro atoms. The summed E-state index contributed by atoms with van der Waals surface area (Å²) in [5, 5.41) is 0. The topological polar surface area (TPSA) is 64.6 Å². The molecular weight excluding hydrogens is 1630 g/mol. The van der Waals surface area contributed by atoms with E-state index in [1.165, 1.54) is 202 Å². The summed E-state index contributed by atoms with van der Waals surface area (Å²) < 4.78 is 125. The Bertz CT molecular complexity index is 3510. The minimum absolute atomic E-state index is 0. The van der Waals surface area contributed by atoms with E-state index in [0.717, 1.165) is 122 Å². The van der Waals surface area contributed by atoms with Crippen molar-refractivity contribution < 1.29 is 65.3 Å². The molecule has 17 rings (SSSR count). The Hall–Kier alpha value is -5.71. The Balaban J connectivity index is 0.000000697. The SMILES string of the molecule is CC12CCC(C)(CC1)CC2.CC1=C(F)CC(C)CC1.CC1=CCC(C)CC1.CC1=CCC(C)CC1.CC1=CCC(C)OC1.CC1CCC(C)CC1.CC1CCC(C)OC1.CC1CCC(C)OC1.CC1COC(C)OC1.CC1COC(C)OC1.Cc1cc(F)c(C)c(F)c1.Cc1cc(F)c(C)c(F)c1.Cc1ccc(C)c(F)c1.Cc1ccc(C)c(F)c1.Cc1ccc(C)cc1.[HH]. The smallest absolute Gasteiger partial charge is 0.154 e. The molecule has 8 atom stereocenters. The molecule has 7 aliphatic carbocycles. The molecule has 5 aliphatic heterocycles. The number of allylic oxidation sites excluding steroid dienone is 6. The van der Waals surface area contributed by atoms with Gasteiger partial charge in [0, 0.05) is 44.0 Å². The van der Waals surface area contributed by atoms with Gasteiger partial charge in [0.1, 0.15) is 34.9 Å². The number of rotatable bonds is 0. The predicted octanol–water partition coefficient (Wildman–Crippen LogP) is 34.8. The summed E-state index contributed by atoms with van der Waals surface area (Å²) in [4.78, 5) is 0. The molecule has 5 aromatic carbocycles. The van der Waals surface area contributed by atoms with E-state index in [0.29, 0.717) is 64.7 Å². The molecule has 0 amide bonds. The Morgan fingerprint density at radius 1 is 0.271 bits per heavy atom. The fourth-order valence-electron chi connectivity index (χ4n) is 15.1. The molecule has 129 heavy (non-hydrogen) atoms. The van der Waals surface area contributed by atoms with Gasteiger partial charge in [0.25, 0.3) is 0 Å². The van der Waals surface area contributed by atoms with Gasteiger partial charge in [-0.05, 0) is 381 Å². The molecule has 14 heteroatoms. The summed E-state index contributed by atoms with van der Waals surface area (Å²) in [5.74, 6) is 5.24. The van der Waals surface area contributed by atoms with Gasteiger partial charge in [-0.2, -0.15) is 0 Å². The largest absolute Gasteiger partial charge is 0.378 e. The first-order valence-corrected chi connectivity index (χ1v) is 49.5. The van der Waals surface area contributed by atoms with Crippen LogP contribution in [0.2, 0.25) is 0 Å². The zero-order chi connectivity index (χ0) is 97.1. The molecule has 12 aliphatic rings. The highest BCUT2D eigenvalue weighted by Crippen LogP contribution is 2.56. The summed E-state index contributed by atoms with van der Waals surface area (Å²) in [6, 6.07) is 24.2. The molecule has 736 valence electrons. The second-order valence-electron chi connectivity index (χ2n) is 41.5. The molecule has 7 nitrogen and oxygen atoms in total. The van der Waals surface area contributed by atoms with Gasteiger partial charge in [-0.1, -0.05) is 196 Å². The number of aryl methyl sites for hydroxylation is 8. The molecule has 5 aromatic rings. The normalized spacial score (nSPS) is 27.5. The average Bonchev–Trinajstić information content (AvgIpc) is 0.782. The fraction of sp³-hybridized carbons (Fsp3) is 0.670. The summed E-state index contributed by atoms with van der Waals surface area (Å²) >= 11 is 0. The van der Waals surface area contributed by atoms with Crippen LogP contribution in [-0.4, -0.2) is 77.1 Å². The van der Waals surface area contributed by atoms with Crippen molar-refractivity contribution in [3.05, 3.63) is 222 Å². The lowest BCUT2D eigenvalue weighted by atomic mass is 9.55. The second kappa shape index (κ2) is 65.1. The molecule has 8 fully saturated rings. The van der Waals surface area contributed by atoms with Crippen LogP contribution >= 0.6 is 0 Å². The number of benzene rings is 5.